The van der Waals surface area contributed by atoms with E-state index < -0.39 is 33.0 Å². The number of hydrogen-bond donors (Lipinski definition) is 2. The van der Waals surface area contributed by atoms with Gasteiger partial charge in [0, 0.05) is 11.5 Å². The molecule has 0 spiro atoms. The van der Waals surface area contributed by atoms with Crippen molar-refractivity contribution in [1.82, 2.24) is 10.6 Å². The highest BCUT2D eigenvalue weighted by atomic mass is 32.2. The average Bonchev–Trinajstić information content (AvgIpc) is 3.35. The molecular formula is C20H19FN2O4S. The molecule has 3 aromatic rings. The van der Waals surface area contributed by atoms with Crippen LogP contribution in [-0.2, 0) is 14.6 Å². The summed E-state index contributed by atoms with van der Waals surface area (Å²) in [5.74, 6) is -1.03. The van der Waals surface area contributed by atoms with E-state index in [1.54, 1.807) is 24.3 Å². The van der Waals surface area contributed by atoms with E-state index in [-0.39, 0.29) is 10.7 Å². The summed E-state index contributed by atoms with van der Waals surface area (Å²) in [6.07, 6.45) is 1.45. The first-order chi connectivity index (χ1) is 13.4. The molecule has 1 aromatic heterocycles. The van der Waals surface area contributed by atoms with E-state index in [1.807, 2.05) is 0 Å². The third-order valence-electron chi connectivity index (χ3n) is 4.80. The van der Waals surface area contributed by atoms with Crippen LogP contribution in [-0.4, -0.2) is 26.9 Å². The maximum Gasteiger partial charge on any atom is 0.238 e. The number of hydrogen-bond acceptors (Lipinski definition) is 5. The molecule has 1 unspecified atom stereocenters. The Balaban J connectivity index is 1.75. The number of nitrogens with one attached hydrogen (secondary N) is 2. The second kappa shape index (κ2) is 7.37. The van der Waals surface area contributed by atoms with Crippen molar-refractivity contribution in [3.63, 3.8) is 0 Å². The van der Waals surface area contributed by atoms with E-state index in [1.165, 1.54) is 24.3 Å². The lowest BCUT2D eigenvalue weighted by atomic mass is 10.2. The van der Waals surface area contributed by atoms with Crippen molar-refractivity contribution >= 4 is 26.7 Å². The maximum atomic E-state index is 13.8. The van der Waals surface area contributed by atoms with Crippen LogP contribution in [0.3, 0.4) is 0 Å². The van der Waals surface area contributed by atoms with Gasteiger partial charge in [-0.15, -0.1) is 0 Å². The summed E-state index contributed by atoms with van der Waals surface area (Å²) in [6, 6.07) is 13.0. The fourth-order valence-electron chi connectivity index (χ4n) is 3.36. The van der Waals surface area contributed by atoms with E-state index in [2.05, 4.69) is 10.6 Å². The first-order valence-corrected chi connectivity index (χ1v) is 10.5. The van der Waals surface area contributed by atoms with Crippen molar-refractivity contribution in [2.75, 3.05) is 6.54 Å². The summed E-state index contributed by atoms with van der Waals surface area (Å²) < 4.78 is 45.9. The van der Waals surface area contributed by atoms with Crippen LogP contribution in [0.4, 0.5) is 4.39 Å². The van der Waals surface area contributed by atoms with E-state index in [4.69, 9.17) is 4.42 Å². The molecule has 4 rings (SSSR count). The molecule has 1 amide bonds. The first-order valence-electron chi connectivity index (χ1n) is 8.97. The van der Waals surface area contributed by atoms with E-state index in [0.29, 0.717) is 23.9 Å². The van der Waals surface area contributed by atoms with Gasteiger partial charge in [0.2, 0.25) is 20.8 Å². The Labute approximate surface area is 161 Å². The van der Waals surface area contributed by atoms with Gasteiger partial charge in [0.05, 0.1) is 6.04 Å². The number of sulfone groups is 1. The molecule has 2 N–H and O–H groups in total. The lowest BCUT2D eigenvalue weighted by molar-refractivity contribution is -0.123. The second-order valence-electron chi connectivity index (χ2n) is 6.74. The average molecular weight is 402 g/mol. The van der Waals surface area contributed by atoms with Crippen LogP contribution >= 0.6 is 0 Å². The normalized spacial score (nSPS) is 18.2. The third kappa shape index (κ3) is 3.53. The van der Waals surface area contributed by atoms with Crippen LogP contribution in [0.1, 0.15) is 23.8 Å². The Morgan fingerprint density at radius 1 is 1.18 bits per heavy atom. The summed E-state index contributed by atoms with van der Waals surface area (Å²) in [5.41, 5.74) is 0.551. The summed E-state index contributed by atoms with van der Waals surface area (Å²) in [5, 5.41) is 4.50. The van der Waals surface area contributed by atoms with Crippen molar-refractivity contribution < 1.29 is 22.0 Å². The van der Waals surface area contributed by atoms with Crippen LogP contribution in [0.5, 0.6) is 0 Å². The molecule has 0 radical (unpaired) electrons. The van der Waals surface area contributed by atoms with Crippen LogP contribution in [0.25, 0.3) is 11.0 Å². The minimum atomic E-state index is -4.15. The summed E-state index contributed by atoms with van der Waals surface area (Å²) in [4.78, 5) is 12.6. The molecule has 2 heterocycles. The number of halogens is 1. The standard InChI is InChI=1S/C20H19FN2O4S/c21-15-7-3-6-14(11-15)20(23-19(24)16-8-4-10-22-16)28(25,26)18-12-13-5-1-2-9-17(13)27-18/h1-3,5-7,9,11-12,16,20,22H,4,8,10H2,(H,23,24)/t16?,20-/m0/s1. The molecule has 2 aromatic carbocycles. The van der Waals surface area contributed by atoms with Crippen molar-refractivity contribution in [3.05, 3.63) is 66.0 Å². The molecular weight excluding hydrogens is 383 g/mol. The number of furan rings is 1. The molecule has 6 nitrogen and oxygen atoms in total. The molecule has 0 bridgehead atoms. The number of fused-ring (bicyclic) bond motifs is 1. The largest absolute Gasteiger partial charge is 0.445 e. The number of benzene rings is 2. The van der Waals surface area contributed by atoms with Gasteiger partial charge in [-0.25, -0.2) is 12.8 Å². The summed E-state index contributed by atoms with van der Waals surface area (Å²) in [6.45, 7) is 0.693. The van der Waals surface area contributed by atoms with Crippen LogP contribution in [0.15, 0.2) is 64.1 Å². The lowest BCUT2D eigenvalue weighted by Gasteiger charge is -2.20. The molecule has 2 atom stereocenters. The van der Waals surface area contributed by atoms with E-state index in [0.717, 1.165) is 12.5 Å². The fourth-order valence-corrected chi connectivity index (χ4v) is 4.87. The zero-order chi connectivity index (χ0) is 19.7. The van der Waals surface area contributed by atoms with Gasteiger partial charge in [0.25, 0.3) is 0 Å². The third-order valence-corrected chi connectivity index (χ3v) is 6.57. The van der Waals surface area contributed by atoms with Gasteiger partial charge in [-0.1, -0.05) is 30.3 Å². The molecule has 8 heteroatoms. The van der Waals surface area contributed by atoms with Gasteiger partial charge in [0.15, 0.2) is 5.37 Å². The predicted molar refractivity (Wildman–Crippen MR) is 102 cm³/mol. The van der Waals surface area contributed by atoms with Gasteiger partial charge in [-0.2, -0.15) is 0 Å². The Kier molecular flexibility index (Phi) is 4.91. The zero-order valence-electron chi connectivity index (χ0n) is 14.9. The van der Waals surface area contributed by atoms with Gasteiger partial charge < -0.3 is 15.1 Å². The predicted octanol–water partition coefficient (Wildman–Crippen LogP) is 2.91. The minimum Gasteiger partial charge on any atom is -0.445 e. The highest BCUT2D eigenvalue weighted by Crippen LogP contribution is 2.31. The number of para-hydroxylation sites is 1. The summed E-state index contributed by atoms with van der Waals surface area (Å²) >= 11 is 0. The molecule has 146 valence electrons. The topological polar surface area (TPSA) is 88.4 Å². The molecule has 1 aliphatic heterocycles. The number of amides is 1. The van der Waals surface area contributed by atoms with Crippen LogP contribution in [0, 0.1) is 5.82 Å². The minimum absolute atomic E-state index is 0.131. The number of carbonyl (C=O) groups excluding carboxylic acids is 1. The molecule has 0 aliphatic carbocycles. The van der Waals surface area contributed by atoms with Crippen molar-refractivity contribution in [2.45, 2.75) is 29.3 Å². The second-order valence-corrected chi connectivity index (χ2v) is 8.70. The monoisotopic (exact) mass is 402 g/mol. The first kappa shape index (κ1) is 18.6. The molecule has 1 aliphatic rings. The van der Waals surface area contributed by atoms with Crippen LogP contribution in [0.2, 0.25) is 0 Å². The van der Waals surface area contributed by atoms with E-state index >= 15 is 0 Å². The zero-order valence-corrected chi connectivity index (χ0v) is 15.7. The molecule has 0 saturated carbocycles. The highest BCUT2D eigenvalue weighted by molar-refractivity contribution is 7.91. The van der Waals surface area contributed by atoms with Crippen LogP contribution < -0.4 is 10.6 Å². The van der Waals surface area contributed by atoms with Gasteiger partial charge >= 0.3 is 0 Å². The highest BCUT2D eigenvalue weighted by Gasteiger charge is 2.36. The van der Waals surface area contributed by atoms with Crippen molar-refractivity contribution in [3.8, 4) is 0 Å². The molecule has 1 saturated heterocycles. The van der Waals surface area contributed by atoms with Crippen molar-refractivity contribution in [1.29, 1.82) is 0 Å². The SMILES string of the molecule is O=C(N[C@H](c1cccc(F)c1)S(=O)(=O)c1cc2ccccc2o1)C1CCCN1. The quantitative estimate of drug-likeness (QED) is 0.685. The lowest BCUT2D eigenvalue weighted by Crippen LogP contribution is -2.44. The molecule has 28 heavy (non-hydrogen) atoms. The Morgan fingerprint density at radius 3 is 2.71 bits per heavy atom. The van der Waals surface area contributed by atoms with Crippen molar-refractivity contribution in [2.24, 2.45) is 0 Å². The Morgan fingerprint density at radius 2 is 2.00 bits per heavy atom. The van der Waals surface area contributed by atoms with E-state index in [9.17, 15) is 17.6 Å². The summed E-state index contributed by atoms with van der Waals surface area (Å²) in [7, 11) is -4.15. The van der Waals surface area contributed by atoms with Gasteiger partial charge in [-0.3, -0.25) is 4.79 Å². The Bertz CT molecular complexity index is 1090. The molecule has 1 fully saturated rings. The number of rotatable bonds is 5. The maximum absolute atomic E-state index is 13.8. The number of carbonyl (C=O) groups is 1. The smallest absolute Gasteiger partial charge is 0.238 e. The van der Waals surface area contributed by atoms with Gasteiger partial charge in [-0.05, 0) is 43.1 Å². The fraction of sp³-hybridized carbons (Fsp3) is 0.250. The Hall–Kier alpha value is -2.71. The van der Waals surface area contributed by atoms with Gasteiger partial charge in [0.1, 0.15) is 11.4 Å².